The second kappa shape index (κ2) is 14.6. The van der Waals surface area contributed by atoms with Gasteiger partial charge in [-0.25, -0.2) is 12.8 Å². The van der Waals surface area contributed by atoms with Crippen molar-refractivity contribution < 1.29 is 27.1 Å². The highest BCUT2D eigenvalue weighted by atomic mass is 32.2. The van der Waals surface area contributed by atoms with Gasteiger partial charge in [0.25, 0.3) is 10.0 Å². The van der Waals surface area contributed by atoms with Crippen molar-refractivity contribution in [2.45, 2.75) is 64.1 Å². The molecule has 2 atom stereocenters. The summed E-state index contributed by atoms with van der Waals surface area (Å²) in [4.78, 5) is 28.7. The Kier molecular flexibility index (Phi) is 11.3. The van der Waals surface area contributed by atoms with Gasteiger partial charge >= 0.3 is 0 Å². The Morgan fingerprint density at radius 3 is 2.10 bits per heavy atom. The zero-order valence-corrected chi connectivity index (χ0v) is 24.7. The molecule has 0 saturated heterocycles. The van der Waals surface area contributed by atoms with Crippen molar-refractivity contribution >= 4 is 27.5 Å². The molecular weight excluding hydrogens is 545 g/mol. The van der Waals surface area contributed by atoms with Crippen LogP contribution in [0.5, 0.6) is 5.75 Å². The average Bonchev–Trinajstić information content (AvgIpc) is 2.97. The molecule has 41 heavy (non-hydrogen) atoms. The predicted octanol–water partition coefficient (Wildman–Crippen LogP) is 5.14. The molecule has 0 saturated carbocycles. The molecule has 0 heterocycles. The van der Waals surface area contributed by atoms with Crippen molar-refractivity contribution in [3.63, 3.8) is 0 Å². The molecule has 3 aromatic rings. The summed E-state index contributed by atoms with van der Waals surface area (Å²) < 4.78 is 48.0. The quantitative estimate of drug-likeness (QED) is 0.284. The molecule has 0 aliphatic rings. The second-order valence-electron chi connectivity index (χ2n) is 9.64. The van der Waals surface area contributed by atoms with E-state index in [4.69, 9.17) is 4.74 Å². The first-order valence-electron chi connectivity index (χ1n) is 13.8. The molecule has 0 aromatic heterocycles. The average molecular weight is 584 g/mol. The molecule has 0 bridgehead atoms. The van der Waals surface area contributed by atoms with E-state index in [1.54, 1.807) is 6.92 Å². The van der Waals surface area contributed by atoms with Crippen molar-refractivity contribution in [3.8, 4) is 5.75 Å². The fraction of sp³-hybridized carbons (Fsp3) is 0.355. The van der Waals surface area contributed by atoms with E-state index in [2.05, 4.69) is 5.32 Å². The summed E-state index contributed by atoms with van der Waals surface area (Å²) in [7, 11) is -4.27. The van der Waals surface area contributed by atoms with Gasteiger partial charge in [0.1, 0.15) is 24.2 Å². The van der Waals surface area contributed by atoms with E-state index in [-0.39, 0.29) is 29.1 Å². The van der Waals surface area contributed by atoms with Crippen molar-refractivity contribution in [3.05, 3.63) is 90.2 Å². The van der Waals surface area contributed by atoms with Crippen LogP contribution in [0.3, 0.4) is 0 Å². The number of carbonyl (C=O) groups is 2. The highest BCUT2D eigenvalue weighted by Gasteiger charge is 2.34. The van der Waals surface area contributed by atoms with E-state index in [9.17, 15) is 22.4 Å². The first-order valence-corrected chi connectivity index (χ1v) is 15.2. The highest BCUT2D eigenvalue weighted by molar-refractivity contribution is 7.92. The third-order valence-corrected chi connectivity index (χ3v) is 8.49. The van der Waals surface area contributed by atoms with Gasteiger partial charge in [0, 0.05) is 12.6 Å². The molecule has 1 N–H and O–H groups in total. The van der Waals surface area contributed by atoms with Crippen LogP contribution in [-0.2, 0) is 26.2 Å². The normalized spacial score (nSPS) is 12.7. The number of rotatable bonds is 14. The number of nitrogens with zero attached hydrogens (tertiary/aromatic N) is 2. The highest BCUT2D eigenvalue weighted by Crippen LogP contribution is 2.26. The van der Waals surface area contributed by atoms with Crippen LogP contribution in [-0.4, -0.2) is 50.4 Å². The third-order valence-electron chi connectivity index (χ3n) is 6.70. The van der Waals surface area contributed by atoms with E-state index in [1.165, 1.54) is 41.3 Å². The summed E-state index contributed by atoms with van der Waals surface area (Å²) >= 11 is 0. The summed E-state index contributed by atoms with van der Waals surface area (Å²) in [5, 5.41) is 2.95. The molecule has 0 unspecified atom stereocenters. The molecule has 0 fully saturated rings. The summed E-state index contributed by atoms with van der Waals surface area (Å²) in [6.07, 6.45) is 1.04. The van der Waals surface area contributed by atoms with Gasteiger partial charge in [-0.2, -0.15) is 0 Å². The molecule has 0 spiro atoms. The lowest BCUT2D eigenvalue weighted by Crippen LogP contribution is -2.53. The molecule has 0 aliphatic heterocycles. The Morgan fingerprint density at radius 2 is 1.54 bits per heavy atom. The van der Waals surface area contributed by atoms with Crippen LogP contribution >= 0.6 is 0 Å². The van der Waals surface area contributed by atoms with Crippen LogP contribution in [0.15, 0.2) is 83.8 Å². The fourth-order valence-electron chi connectivity index (χ4n) is 4.28. The maximum Gasteiger partial charge on any atom is 0.264 e. The van der Waals surface area contributed by atoms with Crippen LogP contribution in [0.25, 0.3) is 0 Å². The monoisotopic (exact) mass is 583 g/mol. The molecular formula is C31H38FN3O5S. The van der Waals surface area contributed by atoms with Gasteiger partial charge in [-0.05, 0) is 80.8 Å². The number of ether oxygens (including phenoxy) is 1. The number of benzene rings is 3. The Bertz CT molecular complexity index is 1380. The van der Waals surface area contributed by atoms with Crippen LogP contribution in [0.2, 0.25) is 0 Å². The number of nitrogens with one attached hydrogen (secondary N) is 1. The summed E-state index contributed by atoms with van der Waals surface area (Å²) in [6.45, 7) is 7.39. The fourth-order valence-corrected chi connectivity index (χ4v) is 5.69. The third kappa shape index (κ3) is 8.29. The zero-order valence-electron chi connectivity index (χ0n) is 23.9. The molecule has 0 aliphatic carbocycles. The Balaban J connectivity index is 2.03. The minimum atomic E-state index is -4.27. The SMILES string of the molecule is CCOc1ccc(S(=O)(=O)N(CC(=O)N(Cc2ccccc2)[C@@H](CC)C(=O)N[C@H](C)CC)c2ccc(F)cc2)cc1. The second-order valence-corrected chi connectivity index (χ2v) is 11.5. The number of hydrogen-bond donors (Lipinski definition) is 1. The van der Waals surface area contributed by atoms with Crippen molar-refractivity contribution in [2.24, 2.45) is 0 Å². The van der Waals surface area contributed by atoms with Gasteiger partial charge in [0.15, 0.2) is 0 Å². The molecule has 0 radical (unpaired) electrons. The van der Waals surface area contributed by atoms with Gasteiger partial charge < -0.3 is 15.0 Å². The van der Waals surface area contributed by atoms with Crippen LogP contribution in [0, 0.1) is 5.82 Å². The van der Waals surface area contributed by atoms with Crippen LogP contribution in [0.4, 0.5) is 10.1 Å². The Hall–Kier alpha value is -3.92. The topological polar surface area (TPSA) is 96.0 Å². The number of sulfonamides is 1. The minimum Gasteiger partial charge on any atom is -0.494 e. The number of anilines is 1. The zero-order chi connectivity index (χ0) is 30.0. The number of carbonyl (C=O) groups excluding carboxylic acids is 2. The van der Waals surface area contributed by atoms with E-state index in [0.29, 0.717) is 25.2 Å². The summed E-state index contributed by atoms with van der Waals surface area (Å²) in [5.74, 6) is -0.923. The van der Waals surface area contributed by atoms with Gasteiger partial charge in [-0.15, -0.1) is 0 Å². The molecule has 220 valence electrons. The van der Waals surface area contributed by atoms with Gasteiger partial charge in [-0.3, -0.25) is 13.9 Å². The van der Waals surface area contributed by atoms with Crippen molar-refractivity contribution in [2.75, 3.05) is 17.5 Å². The first kappa shape index (κ1) is 31.6. The van der Waals surface area contributed by atoms with Gasteiger partial charge in [-0.1, -0.05) is 44.2 Å². The number of hydrogen-bond acceptors (Lipinski definition) is 5. The molecule has 10 heteroatoms. The van der Waals surface area contributed by atoms with Crippen LogP contribution < -0.4 is 14.4 Å². The lowest BCUT2D eigenvalue weighted by Gasteiger charge is -2.33. The summed E-state index contributed by atoms with van der Waals surface area (Å²) in [5.41, 5.74) is 0.906. The van der Waals surface area contributed by atoms with E-state index < -0.39 is 34.3 Å². The minimum absolute atomic E-state index is 0.0609. The lowest BCUT2D eigenvalue weighted by molar-refractivity contribution is -0.140. The van der Waals surface area contributed by atoms with Crippen molar-refractivity contribution in [1.82, 2.24) is 10.2 Å². The van der Waals surface area contributed by atoms with E-state index >= 15 is 0 Å². The first-order chi connectivity index (χ1) is 19.6. The Morgan fingerprint density at radius 1 is 0.902 bits per heavy atom. The van der Waals surface area contributed by atoms with Crippen molar-refractivity contribution in [1.29, 1.82) is 0 Å². The molecule has 8 nitrogen and oxygen atoms in total. The number of amides is 2. The largest absolute Gasteiger partial charge is 0.494 e. The maximum atomic E-state index is 14.0. The molecule has 2 amide bonds. The Labute approximate surface area is 242 Å². The van der Waals surface area contributed by atoms with Gasteiger partial charge in [0.05, 0.1) is 17.2 Å². The summed E-state index contributed by atoms with van der Waals surface area (Å²) in [6, 6.07) is 19.0. The maximum absolute atomic E-state index is 14.0. The smallest absolute Gasteiger partial charge is 0.264 e. The number of halogens is 1. The van der Waals surface area contributed by atoms with E-state index in [1.807, 2.05) is 51.1 Å². The predicted molar refractivity (Wildman–Crippen MR) is 158 cm³/mol. The molecule has 3 rings (SSSR count). The lowest BCUT2D eigenvalue weighted by atomic mass is 10.1. The van der Waals surface area contributed by atoms with E-state index in [0.717, 1.165) is 22.0 Å². The molecule has 3 aromatic carbocycles. The standard InChI is InChI=1S/C31H38FN3O5S/c1-5-23(4)33-31(37)29(6-2)34(21-24-11-9-8-10-12-24)30(36)22-35(26-15-13-25(32)14-16-26)41(38,39)28-19-17-27(18-20-28)40-7-3/h8-20,23,29H,5-7,21-22H2,1-4H3,(H,33,37)/t23-,29+/m1/s1. The van der Waals surface area contributed by atoms with Gasteiger partial charge in [0.2, 0.25) is 11.8 Å². The van der Waals surface area contributed by atoms with Crippen LogP contribution in [0.1, 0.15) is 46.1 Å².